The van der Waals surface area contributed by atoms with Crippen LogP contribution in [0.1, 0.15) is 5.69 Å². The van der Waals surface area contributed by atoms with Gasteiger partial charge in [-0.1, -0.05) is 6.07 Å². The van der Waals surface area contributed by atoms with E-state index in [0.29, 0.717) is 5.39 Å². The third kappa shape index (κ3) is 0.768. The van der Waals surface area contributed by atoms with Crippen molar-refractivity contribution in [3.63, 3.8) is 0 Å². The standard InChI is InChI=1S/C8H4FN3/c9-6-3-1-2-5-7(4-10)11-12-8(5)6/h1-3H,(H,11,12). The monoisotopic (exact) mass is 161 g/mol. The van der Waals surface area contributed by atoms with Crippen LogP contribution in [-0.2, 0) is 0 Å². The molecule has 0 amide bonds. The zero-order chi connectivity index (χ0) is 8.55. The van der Waals surface area contributed by atoms with Gasteiger partial charge in [-0.05, 0) is 12.1 Å². The van der Waals surface area contributed by atoms with Crippen LogP contribution in [0.2, 0.25) is 0 Å². The van der Waals surface area contributed by atoms with Crippen LogP contribution in [0.3, 0.4) is 0 Å². The largest absolute Gasteiger partial charge is 0.273 e. The number of nitriles is 1. The molecule has 0 aliphatic rings. The van der Waals surface area contributed by atoms with Gasteiger partial charge in [-0.3, -0.25) is 5.10 Å². The number of aromatic nitrogens is 2. The van der Waals surface area contributed by atoms with Gasteiger partial charge in [0.1, 0.15) is 17.4 Å². The van der Waals surface area contributed by atoms with E-state index in [1.54, 1.807) is 12.1 Å². The minimum Gasteiger partial charge on any atom is -0.273 e. The van der Waals surface area contributed by atoms with Crippen molar-refractivity contribution in [2.24, 2.45) is 0 Å². The second-order valence-electron chi connectivity index (χ2n) is 2.35. The first kappa shape index (κ1) is 6.80. The summed E-state index contributed by atoms with van der Waals surface area (Å²) in [5, 5.41) is 15.2. The highest BCUT2D eigenvalue weighted by Gasteiger charge is 2.06. The Bertz CT molecular complexity index is 467. The minimum absolute atomic E-state index is 0.226. The average Bonchev–Trinajstić information content (AvgIpc) is 2.49. The molecule has 0 fully saturated rings. The maximum absolute atomic E-state index is 13.0. The van der Waals surface area contributed by atoms with Crippen molar-refractivity contribution in [1.29, 1.82) is 5.26 Å². The zero-order valence-electron chi connectivity index (χ0n) is 6.00. The predicted molar refractivity (Wildman–Crippen MR) is 40.8 cm³/mol. The molecule has 1 aromatic heterocycles. The molecule has 0 aliphatic carbocycles. The molecule has 0 atom stereocenters. The molecule has 4 heteroatoms. The molecule has 3 nitrogen and oxygen atoms in total. The van der Waals surface area contributed by atoms with Gasteiger partial charge < -0.3 is 0 Å². The Hall–Kier alpha value is -1.89. The number of aromatic amines is 1. The Morgan fingerprint density at radius 3 is 3.08 bits per heavy atom. The lowest BCUT2D eigenvalue weighted by atomic mass is 10.2. The lowest BCUT2D eigenvalue weighted by Gasteiger charge is -1.88. The number of hydrogen-bond donors (Lipinski definition) is 1. The van der Waals surface area contributed by atoms with Crippen LogP contribution in [0.25, 0.3) is 10.9 Å². The summed E-state index contributed by atoms with van der Waals surface area (Å²) in [6.07, 6.45) is 0. The summed E-state index contributed by atoms with van der Waals surface area (Å²) in [7, 11) is 0. The van der Waals surface area contributed by atoms with Crippen LogP contribution in [-0.4, -0.2) is 10.2 Å². The van der Waals surface area contributed by atoms with Gasteiger partial charge in [-0.25, -0.2) is 4.39 Å². The summed E-state index contributed by atoms with van der Waals surface area (Å²) in [5.41, 5.74) is 0.513. The molecule has 2 rings (SSSR count). The number of rotatable bonds is 0. The summed E-state index contributed by atoms with van der Waals surface area (Å²) in [4.78, 5) is 0. The SMILES string of the molecule is N#Cc1n[nH]c2c(F)cccc12. The van der Waals surface area contributed by atoms with Crippen LogP contribution in [0.15, 0.2) is 18.2 Å². The van der Waals surface area contributed by atoms with Gasteiger partial charge in [0.15, 0.2) is 5.69 Å². The summed E-state index contributed by atoms with van der Waals surface area (Å²) >= 11 is 0. The van der Waals surface area contributed by atoms with Gasteiger partial charge in [0, 0.05) is 5.39 Å². The second-order valence-corrected chi connectivity index (χ2v) is 2.35. The molecule has 58 valence electrons. The highest BCUT2D eigenvalue weighted by atomic mass is 19.1. The lowest BCUT2D eigenvalue weighted by molar-refractivity contribution is 0.636. The molecule has 0 bridgehead atoms. The molecule has 0 unspecified atom stereocenters. The van der Waals surface area contributed by atoms with Crippen molar-refractivity contribution >= 4 is 10.9 Å². The van der Waals surface area contributed by atoms with Crippen molar-refractivity contribution in [3.8, 4) is 6.07 Å². The summed E-state index contributed by atoms with van der Waals surface area (Å²) < 4.78 is 13.0. The van der Waals surface area contributed by atoms with Crippen LogP contribution in [0.5, 0.6) is 0 Å². The highest BCUT2D eigenvalue weighted by molar-refractivity contribution is 5.83. The van der Waals surface area contributed by atoms with Crippen molar-refractivity contribution in [3.05, 3.63) is 29.7 Å². The Balaban J connectivity index is 2.91. The Kier molecular flexibility index (Phi) is 1.31. The fraction of sp³-hybridized carbons (Fsp3) is 0. The van der Waals surface area contributed by atoms with Crippen molar-refractivity contribution in [2.75, 3.05) is 0 Å². The van der Waals surface area contributed by atoms with Gasteiger partial charge in [-0.2, -0.15) is 10.4 Å². The molecule has 1 heterocycles. The number of hydrogen-bond acceptors (Lipinski definition) is 2. The molecule has 1 N–H and O–H groups in total. The molecule has 2 aromatic rings. The maximum Gasteiger partial charge on any atom is 0.170 e. The number of nitrogens with one attached hydrogen (secondary N) is 1. The van der Waals surface area contributed by atoms with Crippen LogP contribution in [0, 0.1) is 17.1 Å². The van der Waals surface area contributed by atoms with Gasteiger partial charge in [0.2, 0.25) is 0 Å². The number of nitrogens with zero attached hydrogens (tertiary/aromatic N) is 2. The molecular formula is C8H4FN3. The van der Waals surface area contributed by atoms with Gasteiger partial charge in [0.25, 0.3) is 0 Å². The fourth-order valence-electron chi connectivity index (χ4n) is 1.09. The van der Waals surface area contributed by atoms with E-state index in [9.17, 15) is 4.39 Å². The highest BCUT2D eigenvalue weighted by Crippen LogP contribution is 2.17. The zero-order valence-corrected chi connectivity index (χ0v) is 6.00. The number of fused-ring (bicyclic) bond motifs is 1. The molecule has 0 aliphatic heterocycles. The third-order valence-electron chi connectivity index (χ3n) is 1.65. The van der Waals surface area contributed by atoms with E-state index in [0.717, 1.165) is 0 Å². The predicted octanol–water partition coefficient (Wildman–Crippen LogP) is 1.57. The molecular weight excluding hydrogens is 157 g/mol. The van der Waals surface area contributed by atoms with Crippen molar-refractivity contribution < 1.29 is 4.39 Å². The van der Waals surface area contributed by atoms with E-state index in [4.69, 9.17) is 5.26 Å². The normalized spacial score (nSPS) is 10.0. The third-order valence-corrected chi connectivity index (χ3v) is 1.65. The van der Waals surface area contributed by atoms with E-state index in [1.165, 1.54) is 6.07 Å². The van der Waals surface area contributed by atoms with Crippen LogP contribution >= 0.6 is 0 Å². The topological polar surface area (TPSA) is 52.5 Å². The number of para-hydroxylation sites is 1. The summed E-state index contributed by atoms with van der Waals surface area (Å²) in [6, 6.07) is 6.39. The van der Waals surface area contributed by atoms with E-state index >= 15 is 0 Å². The first-order valence-corrected chi connectivity index (χ1v) is 3.35. The number of benzene rings is 1. The van der Waals surface area contributed by atoms with Gasteiger partial charge in [-0.15, -0.1) is 0 Å². The first-order chi connectivity index (χ1) is 5.83. The van der Waals surface area contributed by atoms with E-state index in [-0.39, 0.29) is 17.0 Å². The maximum atomic E-state index is 13.0. The van der Waals surface area contributed by atoms with Gasteiger partial charge in [0.05, 0.1) is 0 Å². The summed E-state index contributed by atoms with van der Waals surface area (Å²) in [6.45, 7) is 0. The van der Waals surface area contributed by atoms with E-state index < -0.39 is 0 Å². The molecule has 1 aromatic carbocycles. The van der Waals surface area contributed by atoms with Gasteiger partial charge >= 0.3 is 0 Å². The Morgan fingerprint density at radius 2 is 2.33 bits per heavy atom. The van der Waals surface area contributed by atoms with Crippen LogP contribution in [0.4, 0.5) is 4.39 Å². The molecule has 0 saturated heterocycles. The fourth-order valence-corrected chi connectivity index (χ4v) is 1.09. The lowest BCUT2D eigenvalue weighted by Crippen LogP contribution is -1.75. The second kappa shape index (κ2) is 2.31. The van der Waals surface area contributed by atoms with Crippen molar-refractivity contribution in [2.45, 2.75) is 0 Å². The van der Waals surface area contributed by atoms with E-state index in [1.807, 2.05) is 6.07 Å². The first-order valence-electron chi connectivity index (χ1n) is 3.35. The van der Waals surface area contributed by atoms with Crippen molar-refractivity contribution in [1.82, 2.24) is 10.2 Å². The number of H-pyrrole nitrogens is 1. The van der Waals surface area contributed by atoms with Crippen LogP contribution < -0.4 is 0 Å². The summed E-state index contributed by atoms with van der Waals surface area (Å²) in [5.74, 6) is -0.387. The minimum atomic E-state index is -0.387. The molecule has 0 radical (unpaired) electrons. The Labute approximate surface area is 67.4 Å². The molecule has 0 spiro atoms. The molecule has 12 heavy (non-hydrogen) atoms. The number of halogens is 1. The van der Waals surface area contributed by atoms with E-state index in [2.05, 4.69) is 10.2 Å². The Morgan fingerprint density at radius 1 is 1.50 bits per heavy atom. The smallest absolute Gasteiger partial charge is 0.170 e. The molecule has 0 saturated carbocycles. The quantitative estimate of drug-likeness (QED) is 0.637. The average molecular weight is 161 g/mol.